The lowest BCUT2D eigenvalue weighted by molar-refractivity contribution is 0.0766. The van der Waals surface area contributed by atoms with Crippen LogP contribution in [0.25, 0.3) is 0 Å². The third-order valence-electron chi connectivity index (χ3n) is 2.50. The van der Waals surface area contributed by atoms with Crippen LogP contribution in [0.15, 0.2) is 22.7 Å². The van der Waals surface area contributed by atoms with Crippen molar-refractivity contribution in [3.63, 3.8) is 0 Å². The first-order chi connectivity index (χ1) is 7.31. The van der Waals surface area contributed by atoms with E-state index in [0.29, 0.717) is 6.61 Å². The Morgan fingerprint density at radius 1 is 1.50 bits per heavy atom. The second kappa shape index (κ2) is 6.45. The fraction of sp³-hybridized carbons (Fsp3) is 0.455. The van der Waals surface area contributed by atoms with Crippen LogP contribution in [0.1, 0.15) is 11.6 Å². The Bertz CT molecular complexity index is 343. The van der Waals surface area contributed by atoms with Crippen molar-refractivity contribution in [2.45, 2.75) is 6.04 Å². The Morgan fingerprint density at radius 3 is 2.94 bits per heavy atom. The van der Waals surface area contributed by atoms with Crippen molar-refractivity contribution >= 4 is 28.3 Å². The molecule has 16 heavy (non-hydrogen) atoms. The van der Waals surface area contributed by atoms with Gasteiger partial charge in [0.05, 0.1) is 26.4 Å². The quantitative estimate of drug-likeness (QED) is 0.911. The molecule has 1 aliphatic rings. The van der Waals surface area contributed by atoms with Gasteiger partial charge in [0, 0.05) is 11.0 Å². The zero-order chi connectivity index (χ0) is 10.7. The Balaban J connectivity index is 0.00000128. The van der Waals surface area contributed by atoms with Crippen LogP contribution in [0.2, 0.25) is 0 Å². The molecule has 1 saturated heterocycles. The van der Waals surface area contributed by atoms with E-state index in [1.807, 2.05) is 18.2 Å². The van der Waals surface area contributed by atoms with Gasteiger partial charge in [-0.3, -0.25) is 0 Å². The smallest absolute Gasteiger partial charge is 0.119 e. The van der Waals surface area contributed by atoms with Crippen LogP contribution in [0.4, 0.5) is 0 Å². The summed E-state index contributed by atoms with van der Waals surface area (Å²) in [6.07, 6.45) is 0. The molecule has 1 heterocycles. The number of hydrogen-bond acceptors (Lipinski definition) is 3. The molecule has 0 amide bonds. The molecule has 0 saturated carbocycles. The van der Waals surface area contributed by atoms with Crippen LogP contribution in [-0.4, -0.2) is 26.9 Å². The molecule has 5 heteroatoms. The monoisotopic (exact) mass is 307 g/mol. The van der Waals surface area contributed by atoms with Gasteiger partial charge in [0.2, 0.25) is 0 Å². The molecule has 0 aliphatic carbocycles. The minimum Gasteiger partial charge on any atom is -0.497 e. The van der Waals surface area contributed by atoms with E-state index in [2.05, 4.69) is 21.2 Å². The molecule has 0 aromatic heterocycles. The van der Waals surface area contributed by atoms with E-state index in [1.54, 1.807) is 7.11 Å². The lowest BCUT2D eigenvalue weighted by atomic mass is 10.1. The van der Waals surface area contributed by atoms with Gasteiger partial charge in [0.15, 0.2) is 0 Å². The molecule has 1 aliphatic heterocycles. The van der Waals surface area contributed by atoms with Crippen molar-refractivity contribution in [3.05, 3.63) is 28.2 Å². The van der Waals surface area contributed by atoms with Crippen LogP contribution >= 0.6 is 28.3 Å². The molecule has 2 rings (SSSR count). The number of benzene rings is 1. The summed E-state index contributed by atoms with van der Waals surface area (Å²) in [5.41, 5.74) is 1.19. The first-order valence-corrected chi connectivity index (χ1v) is 5.75. The summed E-state index contributed by atoms with van der Waals surface area (Å²) in [6.45, 7) is 2.40. The molecule has 0 radical (unpaired) electrons. The molecular formula is C11H15BrClNO2. The maximum absolute atomic E-state index is 5.44. The van der Waals surface area contributed by atoms with Crippen LogP contribution in [0.3, 0.4) is 0 Å². The van der Waals surface area contributed by atoms with E-state index in [1.165, 1.54) is 5.56 Å². The summed E-state index contributed by atoms with van der Waals surface area (Å²) in [4.78, 5) is 0. The van der Waals surface area contributed by atoms with E-state index in [-0.39, 0.29) is 18.4 Å². The SMILES string of the molecule is COc1ccc(Br)c([C@H]2COCCN2)c1.Cl. The highest BCUT2D eigenvalue weighted by atomic mass is 79.9. The molecule has 1 aromatic carbocycles. The van der Waals surface area contributed by atoms with E-state index in [9.17, 15) is 0 Å². The zero-order valence-electron chi connectivity index (χ0n) is 9.03. The predicted octanol–water partition coefficient (Wildman–Crippen LogP) is 2.54. The van der Waals surface area contributed by atoms with Gasteiger partial charge in [-0.05, 0) is 23.8 Å². The van der Waals surface area contributed by atoms with Crippen molar-refractivity contribution in [2.24, 2.45) is 0 Å². The summed E-state index contributed by atoms with van der Waals surface area (Å²) < 4.78 is 11.7. The standard InChI is InChI=1S/C11H14BrNO2.ClH/c1-14-8-2-3-10(12)9(6-8)11-7-15-5-4-13-11;/h2-3,6,11,13H,4-5,7H2,1H3;1H/t11-;/m1./s1. The first-order valence-electron chi connectivity index (χ1n) is 4.96. The molecule has 0 bridgehead atoms. The topological polar surface area (TPSA) is 30.5 Å². The summed E-state index contributed by atoms with van der Waals surface area (Å²) in [7, 11) is 1.68. The van der Waals surface area contributed by atoms with Gasteiger partial charge in [-0.1, -0.05) is 15.9 Å². The average molecular weight is 309 g/mol. The van der Waals surface area contributed by atoms with Crippen LogP contribution < -0.4 is 10.1 Å². The second-order valence-corrected chi connectivity index (χ2v) is 4.32. The molecule has 1 N–H and O–H groups in total. The Labute approximate surface area is 110 Å². The number of morpholine rings is 1. The lowest BCUT2D eigenvalue weighted by Crippen LogP contribution is -2.34. The number of ether oxygens (including phenoxy) is 2. The predicted molar refractivity (Wildman–Crippen MR) is 69.5 cm³/mol. The Hall–Kier alpha value is -0.290. The molecule has 3 nitrogen and oxygen atoms in total. The average Bonchev–Trinajstić information content (AvgIpc) is 2.31. The van der Waals surface area contributed by atoms with Crippen molar-refractivity contribution < 1.29 is 9.47 Å². The molecule has 1 fully saturated rings. The van der Waals surface area contributed by atoms with Gasteiger partial charge in [-0.15, -0.1) is 12.4 Å². The van der Waals surface area contributed by atoms with E-state index < -0.39 is 0 Å². The molecule has 90 valence electrons. The van der Waals surface area contributed by atoms with Gasteiger partial charge >= 0.3 is 0 Å². The zero-order valence-corrected chi connectivity index (χ0v) is 11.4. The molecule has 1 aromatic rings. The minimum atomic E-state index is 0. The number of rotatable bonds is 2. The van der Waals surface area contributed by atoms with Crippen molar-refractivity contribution in [3.8, 4) is 5.75 Å². The number of halogens is 2. The van der Waals surface area contributed by atoms with E-state index in [4.69, 9.17) is 9.47 Å². The highest BCUT2D eigenvalue weighted by Crippen LogP contribution is 2.28. The van der Waals surface area contributed by atoms with Gasteiger partial charge in [0.25, 0.3) is 0 Å². The summed E-state index contributed by atoms with van der Waals surface area (Å²) in [6, 6.07) is 6.24. The number of hydrogen-bond donors (Lipinski definition) is 1. The maximum atomic E-state index is 5.44. The summed E-state index contributed by atoms with van der Waals surface area (Å²) in [5, 5.41) is 3.42. The molecule has 0 spiro atoms. The molecule has 0 unspecified atom stereocenters. The summed E-state index contributed by atoms with van der Waals surface area (Å²) in [5.74, 6) is 0.876. The van der Waals surface area contributed by atoms with Crippen molar-refractivity contribution in [2.75, 3.05) is 26.9 Å². The highest BCUT2D eigenvalue weighted by Gasteiger charge is 2.18. The van der Waals surface area contributed by atoms with E-state index >= 15 is 0 Å². The van der Waals surface area contributed by atoms with Gasteiger partial charge in [0.1, 0.15) is 5.75 Å². The first kappa shape index (κ1) is 13.8. The molecular weight excluding hydrogens is 293 g/mol. The van der Waals surface area contributed by atoms with Gasteiger partial charge < -0.3 is 14.8 Å². The van der Waals surface area contributed by atoms with Gasteiger partial charge in [-0.25, -0.2) is 0 Å². The Kier molecular flexibility index (Phi) is 5.55. The Morgan fingerprint density at radius 2 is 2.31 bits per heavy atom. The third kappa shape index (κ3) is 3.10. The third-order valence-corrected chi connectivity index (χ3v) is 3.22. The van der Waals surface area contributed by atoms with Crippen molar-refractivity contribution in [1.82, 2.24) is 5.32 Å². The summed E-state index contributed by atoms with van der Waals surface area (Å²) >= 11 is 3.54. The van der Waals surface area contributed by atoms with Crippen LogP contribution in [-0.2, 0) is 4.74 Å². The molecule has 1 atom stereocenters. The van der Waals surface area contributed by atoms with Gasteiger partial charge in [-0.2, -0.15) is 0 Å². The van der Waals surface area contributed by atoms with Crippen molar-refractivity contribution in [1.29, 1.82) is 0 Å². The second-order valence-electron chi connectivity index (χ2n) is 3.47. The fourth-order valence-electron chi connectivity index (χ4n) is 1.68. The van der Waals surface area contributed by atoms with E-state index in [0.717, 1.165) is 23.4 Å². The number of nitrogens with one attached hydrogen (secondary N) is 1. The lowest BCUT2D eigenvalue weighted by Gasteiger charge is -2.25. The number of methoxy groups -OCH3 is 1. The van der Waals surface area contributed by atoms with Crippen LogP contribution in [0, 0.1) is 0 Å². The minimum absolute atomic E-state index is 0. The highest BCUT2D eigenvalue weighted by molar-refractivity contribution is 9.10. The van der Waals surface area contributed by atoms with Crippen LogP contribution in [0.5, 0.6) is 5.75 Å². The fourth-order valence-corrected chi connectivity index (χ4v) is 2.20. The normalized spacial score (nSPS) is 20.0. The largest absolute Gasteiger partial charge is 0.497 e. The maximum Gasteiger partial charge on any atom is 0.119 e.